The molecule has 20 aromatic rings. The van der Waals surface area contributed by atoms with Gasteiger partial charge in [-0.15, -0.1) is 0 Å². The molecule has 0 aliphatic carbocycles. The number of fused-ring (bicyclic) bond motifs is 18. The molecule has 0 saturated heterocycles. The Labute approximate surface area is 526 Å². The van der Waals surface area contributed by atoms with E-state index < -0.39 is 0 Å². The molecule has 0 aliphatic heterocycles. The first kappa shape index (κ1) is 50.3. The van der Waals surface area contributed by atoms with Crippen molar-refractivity contribution in [1.82, 2.24) is 32.4 Å². The van der Waals surface area contributed by atoms with Crippen molar-refractivity contribution in [3.8, 4) is 51.3 Å². The van der Waals surface area contributed by atoms with Crippen molar-refractivity contribution in [2.75, 3.05) is 0 Å². The Morgan fingerprint density at radius 3 is 0.772 bits per heavy atom. The van der Waals surface area contributed by atoms with Gasteiger partial charge in [-0.25, -0.2) is 0 Å². The normalized spacial score (nSPS) is 12.1. The minimum absolute atomic E-state index is 0.550. The summed E-state index contributed by atoms with van der Waals surface area (Å²) in [6.45, 7) is 0. The van der Waals surface area contributed by atoms with E-state index in [1.54, 1.807) is 0 Å². The Kier molecular flexibility index (Phi) is 10.5. The monoisotopic (exact) mass is 1170 g/mol. The van der Waals surface area contributed by atoms with Crippen LogP contribution in [0.1, 0.15) is 5.56 Å². The molecular formula is C84H50N8. The molecule has 0 aliphatic rings. The molecule has 0 atom stereocenters. The number of para-hydroxylation sites is 8. The summed E-state index contributed by atoms with van der Waals surface area (Å²) in [6.07, 6.45) is 3.82. The third-order valence-electron chi connectivity index (χ3n) is 19.5. The van der Waals surface area contributed by atoms with Crippen LogP contribution in [0.25, 0.3) is 176 Å². The molecule has 7 aromatic heterocycles. The van der Waals surface area contributed by atoms with E-state index in [2.05, 4.69) is 319 Å². The smallest absolute Gasteiger partial charge is 0.0998 e. The highest BCUT2D eigenvalue weighted by atomic mass is 15.0. The highest BCUT2D eigenvalue weighted by Crippen LogP contribution is 2.45. The summed E-state index contributed by atoms with van der Waals surface area (Å²) in [5.41, 5.74) is 21.7. The third-order valence-corrected chi connectivity index (χ3v) is 19.5. The molecule has 0 unspecified atom stereocenters. The summed E-state index contributed by atoms with van der Waals surface area (Å²) in [7, 11) is 0. The van der Waals surface area contributed by atoms with Gasteiger partial charge in [-0.3, -0.25) is 4.98 Å². The molecule has 8 heteroatoms. The van der Waals surface area contributed by atoms with Crippen LogP contribution < -0.4 is 0 Å². The second kappa shape index (κ2) is 19.2. The fourth-order valence-electron chi connectivity index (χ4n) is 15.7. The predicted molar refractivity (Wildman–Crippen MR) is 380 cm³/mol. The van der Waals surface area contributed by atoms with Crippen LogP contribution in [0.3, 0.4) is 0 Å². The zero-order chi connectivity index (χ0) is 60.3. The number of hydrogen-bond acceptors (Lipinski definition) is 2. The minimum Gasteiger partial charge on any atom is -0.309 e. The van der Waals surface area contributed by atoms with Gasteiger partial charge >= 0.3 is 0 Å². The summed E-state index contributed by atoms with van der Waals surface area (Å²) in [5.74, 6) is 0. The van der Waals surface area contributed by atoms with Crippen molar-refractivity contribution in [3.05, 3.63) is 309 Å². The number of rotatable bonds is 7. The van der Waals surface area contributed by atoms with Crippen LogP contribution in [0.2, 0.25) is 0 Å². The predicted octanol–water partition coefficient (Wildman–Crippen LogP) is 21.2. The van der Waals surface area contributed by atoms with E-state index in [9.17, 15) is 5.26 Å². The molecule has 0 spiro atoms. The number of pyridine rings is 1. The Hall–Kier alpha value is -12.7. The van der Waals surface area contributed by atoms with Gasteiger partial charge in [-0.1, -0.05) is 146 Å². The van der Waals surface area contributed by atoms with Crippen molar-refractivity contribution >= 4 is 131 Å². The molecule has 0 radical (unpaired) electrons. The number of hydrogen-bond donors (Lipinski definition) is 0. The number of nitrogens with zero attached hydrogens (tertiary/aromatic N) is 8. The topological polar surface area (TPSA) is 66.3 Å². The van der Waals surface area contributed by atoms with Gasteiger partial charge in [0.1, 0.15) is 0 Å². The second-order valence-electron chi connectivity index (χ2n) is 24.2. The van der Waals surface area contributed by atoms with E-state index in [-0.39, 0.29) is 0 Å². The zero-order valence-corrected chi connectivity index (χ0v) is 49.4. The lowest BCUT2D eigenvalue weighted by molar-refractivity contribution is 1.14. The number of nitriles is 1. The Morgan fingerprint density at radius 2 is 0.478 bits per heavy atom. The summed E-state index contributed by atoms with van der Waals surface area (Å²) < 4.78 is 14.4. The highest BCUT2D eigenvalue weighted by Gasteiger charge is 2.24. The van der Waals surface area contributed by atoms with Gasteiger partial charge in [-0.05, 0) is 146 Å². The summed E-state index contributed by atoms with van der Waals surface area (Å²) in [6, 6.07) is 108. The Morgan fingerprint density at radius 1 is 0.228 bits per heavy atom. The van der Waals surface area contributed by atoms with Crippen LogP contribution in [0.15, 0.2) is 304 Å². The first-order chi connectivity index (χ1) is 45.6. The fourth-order valence-corrected chi connectivity index (χ4v) is 15.7. The Balaban J connectivity index is 0.818. The quantitative estimate of drug-likeness (QED) is 0.160. The lowest BCUT2D eigenvalue weighted by atomic mass is 9.99. The average Bonchev–Trinajstić information content (AvgIpc) is 1.64. The van der Waals surface area contributed by atoms with Crippen LogP contribution >= 0.6 is 0 Å². The molecular weight excluding hydrogens is 1120 g/mol. The molecule has 426 valence electrons. The molecule has 0 saturated carbocycles. The van der Waals surface area contributed by atoms with Crippen LogP contribution in [0.4, 0.5) is 0 Å². The van der Waals surface area contributed by atoms with E-state index in [4.69, 9.17) is 4.98 Å². The molecule has 7 heterocycles. The van der Waals surface area contributed by atoms with Gasteiger partial charge in [0.2, 0.25) is 0 Å². The van der Waals surface area contributed by atoms with Crippen molar-refractivity contribution < 1.29 is 0 Å². The maximum atomic E-state index is 11.3. The lowest BCUT2D eigenvalue weighted by Crippen LogP contribution is -2.01. The van der Waals surface area contributed by atoms with Crippen LogP contribution in [-0.4, -0.2) is 32.4 Å². The van der Waals surface area contributed by atoms with Gasteiger partial charge in [0.05, 0.1) is 83.5 Å². The van der Waals surface area contributed by atoms with Crippen LogP contribution in [0, 0.1) is 11.3 Å². The summed E-state index contributed by atoms with van der Waals surface area (Å²) in [4.78, 5) is 4.88. The molecule has 20 rings (SSSR count). The highest BCUT2D eigenvalue weighted by molar-refractivity contribution is 6.17. The van der Waals surface area contributed by atoms with Crippen molar-refractivity contribution in [2.24, 2.45) is 0 Å². The Bertz CT molecular complexity index is 6050. The van der Waals surface area contributed by atoms with Gasteiger partial charge < -0.3 is 27.4 Å². The van der Waals surface area contributed by atoms with Crippen molar-refractivity contribution in [2.45, 2.75) is 0 Å². The SMILES string of the molecule is N#Cc1ccc(-n2c3ccc(-n4c5ccccc5c5ccccc54)cc3c3cc(-n4c5ccccc5c5ccccc54)ccc32)cc1-c1cnccc1-n1c2ccc(-n3c4ccccc4c4ccccc43)cc2c2cc(-n3c4ccccc4c4ccccc43)ccc21. The molecule has 0 N–H and O–H groups in total. The first-order valence-corrected chi connectivity index (χ1v) is 31.2. The van der Waals surface area contributed by atoms with Gasteiger partial charge in [-0.2, -0.15) is 5.26 Å². The maximum absolute atomic E-state index is 11.3. The van der Waals surface area contributed by atoms with E-state index in [1.165, 1.54) is 43.1 Å². The van der Waals surface area contributed by atoms with Crippen LogP contribution in [0.5, 0.6) is 0 Å². The molecule has 0 bridgehead atoms. The van der Waals surface area contributed by atoms with E-state index in [1.807, 2.05) is 18.5 Å². The molecule has 92 heavy (non-hydrogen) atoms. The number of aromatic nitrogens is 7. The molecule has 0 amide bonds. The third kappa shape index (κ3) is 7.01. The summed E-state index contributed by atoms with van der Waals surface area (Å²) >= 11 is 0. The second-order valence-corrected chi connectivity index (χ2v) is 24.2. The standard InChI is InChI=1S/C84H50N8/c85-50-52-33-34-53(91-80-39-35-54(87-72-25-9-1-17-58(72)59-18-2-10-26-73(59)87)46-67(80)68-47-55(36-40-81(68)91)88-74-27-11-3-19-60(74)61-20-4-12-28-75(61)88)45-66(52)71-51-86-44-43-84(71)92-82-41-37-56(89-76-29-13-5-21-62(76)63-22-6-14-30-77(63)89)48-69(82)70-49-57(38-42-83(70)92)90-78-31-15-7-23-64(78)65-24-8-16-32-79(65)90/h1-49,51H. The average molecular weight is 1170 g/mol. The largest absolute Gasteiger partial charge is 0.309 e. The first-order valence-electron chi connectivity index (χ1n) is 31.2. The van der Waals surface area contributed by atoms with Crippen molar-refractivity contribution in [3.63, 3.8) is 0 Å². The van der Waals surface area contributed by atoms with E-state index in [0.29, 0.717) is 5.56 Å². The van der Waals surface area contributed by atoms with E-state index in [0.717, 1.165) is 133 Å². The zero-order valence-electron chi connectivity index (χ0n) is 49.4. The van der Waals surface area contributed by atoms with E-state index >= 15 is 0 Å². The van der Waals surface area contributed by atoms with Gasteiger partial charge in [0.25, 0.3) is 0 Å². The maximum Gasteiger partial charge on any atom is 0.0998 e. The summed E-state index contributed by atoms with van der Waals surface area (Å²) in [5, 5.41) is 25.4. The van der Waals surface area contributed by atoms with Gasteiger partial charge in [0, 0.05) is 117 Å². The van der Waals surface area contributed by atoms with Crippen LogP contribution in [-0.2, 0) is 0 Å². The molecule has 8 nitrogen and oxygen atoms in total. The van der Waals surface area contributed by atoms with Gasteiger partial charge in [0.15, 0.2) is 0 Å². The lowest BCUT2D eigenvalue weighted by Gasteiger charge is -2.17. The minimum atomic E-state index is 0.550. The molecule has 13 aromatic carbocycles. The number of benzene rings is 13. The van der Waals surface area contributed by atoms with Crippen molar-refractivity contribution in [1.29, 1.82) is 5.26 Å². The molecule has 0 fully saturated rings. The fraction of sp³-hybridized carbons (Fsp3) is 0.